The molecular formula is C16H27N. The van der Waals surface area contributed by atoms with Gasteiger partial charge < -0.3 is 5.73 Å². The fraction of sp³-hybridized carbons (Fsp3) is 0.625. The van der Waals surface area contributed by atoms with Crippen LogP contribution in [0.3, 0.4) is 0 Å². The van der Waals surface area contributed by atoms with E-state index in [0.29, 0.717) is 12.0 Å². The summed E-state index contributed by atoms with van der Waals surface area (Å²) in [6.07, 6.45) is 6.07. The van der Waals surface area contributed by atoms with Crippen molar-refractivity contribution in [2.24, 2.45) is 11.7 Å². The minimum absolute atomic E-state index is 0.313. The fourth-order valence-electron chi connectivity index (χ4n) is 2.47. The summed E-state index contributed by atoms with van der Waals surface area (Å²) in [6, 6.07) is 9.04. The van der Waals surface area contributed by atoms with Gasteiger partial charge in [0.2, 0.25) is 0 Å². The molecule has 1 heteroatoms. The third kappa shape index (κ3) is 4.91. The van der Waals surface area contributed by atoms with Gasteiger partial charge in [-0.2, -0.15) is 0 Å². The van der Waals surface area contributed by atoms with E-state index in [2.05, 4.69) is 45.0 Å². The summed E-state index contributed by atoms with van der Waals surface area (Å²) in [4.78, 5) is 0. The Balaban J connectivity index is 2.54. The van der Waals surface area contributed by atoms with Crippen molar-refractivity contribution >= 4 is 0 Å². The van der Waals surface area contributed by atoms with Crippen molar-refractivity contribution in [2.45, 2.75) is 58.9 Å². The van der Waals surface area contributed by atoms with Crippen LogP contribution in [0.1, 0.15) is 50.7 Å². The molecule has 1 nitrogen and oxygen atoms in total. The van der Waals surface area contributed by atoms with Gasteiger partial charge in [0.05, 0.1) is 0 Å². The quantitative estimate of drug-likeness (QED) is 0.754. The maximum Gasteiger partial charge on any atom is 0.0108 e. The van der Waals surface area contributed by atoms with Gasteiger partial charge in [0.15, 0.2) is 0 Å². The number of nitrogens with two attached hydrogens (primary N) is 1. The molecule has 0 aliphatic carbocycles. The summed E-state index contributed by atoms with van der Waals surface area (Å²) in [5.74, 6) is 0.676. The first kappa shape index (κ1) is 14.2. The molecule has 0 aliphatic rings. The first-order valence-electron chi connectivity index (χ1n) is 6.98. The number of benzene rings is 1. The monoisotopic (exact) mass is 233 g/mol. The molecule has 17 heavy (non-hydrogen) atoms. The third-order valence-corrected chi connectivity index (χ3v) is 3.61. The number of aryl methyl sites for hydroxylation is 1. The highest BCUT2D eigenvalue weighted by atomic mass is 14.6. The van der Waals surface area contributed by atoms with E-state index in [1.165, 1.54) is 36.8 Å². The van der Waals surface area contributed by atoms with Crippen LogP contribution in [-0.4, -0.2) is 6.04 Å². The second-order valence-electron chi connectivity index (χ2n) is 5.17. The fourth-order valence-corrected chi connectivity index (χ4v) is 2.47. The van der Waals surface area contributed by atoms with E-state index < -0.39 is 0 Å². The predicted octanol–water partition coefficient (Wildman–Crippen LogP) is 4.08. The summed E-state index contributed by atoms with van der Waals surface area (Å²) in [5.41, 5.74) is 9.06. The van der Waals surface area contributed by atoms with Crippen molar-refractivity contribution in [3.05, 3.63) is 35.4 Å². The molecule has 96 valence electrons. The SMILES string of the molecule is CCCCC(CC)C(N)Cc1cccc(C)c1. The molecule has 0 aromatic heterocycles. The van der Waals surface area contributed by atoms with E-state index in [-0.39, 0.29) is 0 Å². The lowest BCUT2D eigenvalue weighted by atomic mass is 9.88. The number of unbranched alkanes of at least 4 members (excludes halogenated alkanes) is 1. The molecule has 0 radical (unpaired) electrons. The first-order chi connectivity index (χ1) is 8.17. The summed E-state index contributed by atoms with van der Waals surface area (Å²) >= 11 is 0. The van der Waals surface area contributed by atoms with Gasteiger partial charge in [-0.3, -0.25) is 0 Å². The van der Waals surface area contributed by atoms with Crippen molar-refractivity contribution in [3.8, 4) is 0 Å². The highest BCUT2D eigenvalue weighted by Gasteiger charge is 2.15. The molecule has 1 aromatic rings. The summed E-state index contributed by atoms with van der Waals surface area (Å²) < 4.78 is 0. The maximum absolute atomic E-state index is 6.35. The third-order valence-electron chi connectivity index (χ3n) is 3.61. The molecule has 0 aliphatic heterocycles. The Kier molecular flexibility index (Phi) is 6.28. The van der Waals surface area contributed by atoms with E-state index in [9.17, 15) is 0 Å². The van der Waals surface area contributed by atoms with Crippen molar-refractivity contribution in [1.82, 2.24) is 0 Å². The van der Waals surface area contributed by atoms with Gasteiger partial charge in [-0.15, -0.1) is 0 Å². The van der Waals surface area contributed by atoms with Crippen molar-refractivity contribution in [1.29, 1.82) is 0 Å². The summed E-state index contributed by atoms with van der Waals surface area (Å²) in [6.45, 7) is 6.65. The molecule has 2 N–H and O–H groups in total. The van der Waals surface area contributed by atoms with E-state index in [4.69, 9.17) is 5.73 Å². The smallest absolute Gasteiger partial charge is 0.0108 e. The molecule has 0 saturated heterocycles. The molecule has 2 unspecified atom stereocenters. The van der Waals surface area contributed by atoms with Crippen LogP contribution in [0.2, 0.25) is 0 Å². The summed E-state index contributed by atoms with van der Waals surface area (Å²) in [7, 11) is 0. The van der Waals surface area contributed by atoms with Crippen LogP contribution < -0.4 is 5.73 Å². The van der Waals surface area contributed by atoms with Gasteiger partial charge in [-0.05, 0) is 31.2 Å². The topological polar surface area (TPSA) is 26.0 Å². The molecule has 1 aromatic carbocycles. The van der Waals surface area contributed by atoms with Crippen molar-refractivity contribution in [3.63, 3.8) is 0 Å². The maximum atomic E-state index is 6.35. The Morgan fingerprint density at radius 2 is 2.00 bits per heavy atom. The Hall–Kier alpha value is -0.820. The van der Waals surface area contributed by atoms with Gasteiger partial charge in [-0.25, -0.2) is 0 Å². The zero-order chi connectivity index (χ0) is 12.7. The lowest BCUT2D eigenvalue weighted by molar-refractivity contribution is 0.369. The second-order valence-corrected chi connectivity index (χ2v) is 5.17. The molecule has 0 saturated carbocycles. The van der Waals surface area contributed by atoms with E-state index in [1.807, 2.05) is 0 Å². The highest BCUT2D eigenvalue weighted by molar-refractivity contribution is 5.23. The zero-order valence-corrected chi connectivity index (χ0v) is 11.6. The Labute approximate surface area is 106 Å². The first-order valence-corrected chi connectivity index (χ1v) is 6.98. The molecule has 0 spiro atoms. The highest BCUT2D eigenvalue weighted by Crippen LogP contribution is 2.19. The van der Waals surface area contributed by atoms with Gasteiger partial charge >= 0.3 is 0 Å². The van der Waals surface area contributed by atoms with Crippen LogP contribution in [0.25, 0.3) is 0 Å². The van der Waals surface area contributed by atoms with Crippen LogP contribution in [0.15, 0.2) is 24.3 Å². The molecular weight excluding hydrogens is 206 g/mol. The predicted molar refractivity (Wildman–Crippen MR) is 76.2 cm³/mol. The number of hydrogen-bond acceptors (Lipinski definition) is 1. The Bertz CT molecular complexity index is 319. The van der Waals surface area contributed by atoms with Crippen LogP contribution in [-0.2, 0) is 6.42 Å². The van der Waals surface area contributed by atoms with E-state index in [1.54, 1.807) is 0 Å². The van der Waals surface area contributed by atoms with Crippen molar-refractivity contribution < 1.29 is 0 Å². The van der Waals surface area contributed by atoms with Crippen LogP contribution >= 0.6 is 0 Å². The molecule has 0 heterocycles. The largest absolute Gasteiger partial charge is 0.327 e. The Morgan fingerprint density at radius 1 is 1.24 bits per heavy atom. The van der Waals surface area contributed by atoms with Gasteiger partial charge in [-0.1, -0.05) is 62.9 Å². The summed E-state index contributed by atoms with van der Waals surface area (Å²) in [5, 5.41) is 0. The zero-order valence-electron chi connectivity index (χ0n) is 11.6. The van der Waals surface area contributed by atoms with Gasteiger partial charge in [0.25, 0.3) is 0 Å². The van der Waals surface area contributed by atoms with Gasteiger partial charge in [0, 0.05) is 6.04 Å². The van der Waals surface area contributed by atoms with E-state index >= 15 is 0 Å². The molecule has 1 rings (SSSR count). The lowest BCUT2D eigenvalue weighted by Crippen LogP contribution is -2.32. The molecule has 0 amide bonds. The van der Waals surface area contributed by atoms with E-state index in [0.717, 1.165) is 6.42 Å². The average molecular weight is 233 g/mol. The molecule has 2 atom stereocenters. The molecule has 0 fully saturated rings. The van der Waals surface area contributed by atoms with Crippen LogP contribution in [0, 0.1) is 12.8 Å². The Morgan fingerprint density at radius 3 is 2.59 bits per heavy atom. The van der Waals surface area contributed by atoms with Crippen molar-refractivity contribution in [2.75, 3.05) is 0 Å². The normalized spacial score (nSPS) is 14.6. The average Bonchev–Trinajstić information content (AvgIpc) is 2.30. The van der Waals surface area contributed by atoms with Crippen LogP contribution in [0.5, 0.6) is 0 Å². The van der Waals surface area contributed by atoms with Gasteiger partial charge in [0.1, 0.15) is 0 Å². The van der Waals surface area contributed by atoms with Crippen LogP contribution in [0.4, 0.5) is 0 Å². The lowest BCUT2D eigenvalue weighted by Gasteiger charge is -2.22. The standard InChI is InChI=1S/C16H27N/c1-4-6-10-15(5-2)16(17)12-14-9-7-8-13(3)11-14/h7-9,11,15-16H,4-6,10,12,17H2,1-3H3. The number of rotatable bonds is 7. The minimum Gasteiger partial charge on any atom is -0.327 e. The molecule has 0 bridgehead atoms. The minimum atomic E-state index is 0.313. The second kappa shape index (κ2) is 7.50. The number of hydrogen-bond donors (Lipinski definition) is 1.